The van der Waals surface area contributed by atoms with Crippen molar-refractivity contribution >= 4 is 0 Å². The summed E-state index contributed by atoms with van der Waals surface area (Å²) >= 11 is 0. The molecule has 21 heavy (non-hydrogen) atoms. The monoisotopic (exact) mass is 293 g/mol. The van der Waals surface area contributed by atoms with Gasteiger partial charge in [0.1, 0.15) is 0 Å². The first-order valence-electron chi connectivity index (χ1n) is 9.66. The molecule has 0 heterocycles. The quantitative estimate of drug-likeness (QED) is 0.795. The molecule has 4 atom stereocenters. The topological polar surface area (TPSA) is 21.3 Å². The Bertz CT molecular complexity index is 324. The maximum absolute atomic E-state index is 6.09. The first-order chi connectivity index (χ1) is 10.3. The Morgan fingerprint density at radius 3 is 2.52 bits per heavy atom. The van der Waals surface area contributed by atoms with Crippen LogP contribution in [-0.2, 0) is 4.74 Å². The highest BCUT2D eigenvalue weighted by atomic mass is 16.5. The molecule has 1 N–H and O–H groups in total. The molecule has 3 saturated carbocycles. The van der Waals surface area contributed by atoms with E-state index in [1.165, 1.54) is 70.6 Å². The SMILES string of the molecule is CCOC1CC(NC2CCCC(CC)C2)C12CCCCC2. The Kier molecular flexibility index (Phi) is 5.27. The summed E-state index contributed by atoms with van der Waals surface area (Å²) in [7, 11) is 0. The normalized spacial score (nSPS) is 39.1. The molecule has 1 spiro atoms. The molecular formula is C19H35NO. The van der Waals surface area contributed by atoms with Crippen LogP contribution in [0.1, 0.15) is 84.5 Å². The molecule has 2 heteroatoms. The maximum atomic E-state index is 6.09. The lowest BCUT2D eigenvalue weighted by Gasteiger charge is -2.59. The molecule has 3 aliphatic rings. The van der Waals surface area contributed by atoms with Crippen molar-refractivity contribution in [2.75, 3.05) is 6.61 Å². The molecule has 4 unspecified atom stereocenters. The largest absolute Gasteiger partial charge is 0.378 e. The van der Waals surface area contributed by atoms with Crippen molar-refractivity contribution in [2.24, 2.45) is 11.3 Å². The Hall–Kier alpha value is -0.0800. The first kappa shape index (κ1) is 15.8. The van der Waals surface area contributed by atoms with Crippen molar-refractivity contribution in [2.45, 2.75) is 103 Å². The molecule has 0 bridgehead atoms. The third kappa shape index (κ3) is 3.17. The molecule has 0 aromatic rings. The third-order valence-corrected chi connectivity index (χ3v) is 6.73. The second-order valence-corrected chi connectivity index (χ2v) is 7.83. The minimum absolute atomic E-state index is 0.493. The minimum Gasteiger partial charge on any atom is -0.378 e. The lowest BCUT2D eigenvalue weighted by Crippen LogP contribution is -2.66. The predicted octanol–water partition coefficient (Wildman–Crippen LogP) is 4.67. The number of hydrogen-bond donors (Lipinski definition) is 1. The van der Waals surface area contributed by atoms with E-state index in [2.05, 4.69) is 19.2 Å². The highest BCUT2D eigenvalue weighted by Crippen LogP contribution is 2.53. The van der Waals surface area contributed by atoms with Gasteiger partial charge >= 0.3 is 0 Å². The molecule has 0 saturated heterocycles. The second kappa shape index (κ2) is 7.00. The van der Waals surface area contributed by atoms with Gasteiger partial charge in [-0.1, -0.05) is 45.4 Å². The number of ether oxygens (including phenoxy) is 1. The number of rotatable bonds is 5. The lowest BCUT2D eigenvalue weighted by atomic mass is 9.55. The van der Waals surface area contributed by atoms with Crippen molar-refractivity contribution in [3.8, 4) is 0 Å². The van der Waals surface area contributed by atoms with Gasteiger partial charge in [-0.05, 0) is 44.9 Å². The van der Waals surface area contributed by atoms with Gasteiger partial charge in [-0.25, -0.2) is 0 Å². The highest BCUT2D eigenvalue weighted by Gasteiger charge is 2.55. The number of hydrogen-bond acceptors (Lipinski definition) is 2. The van der Waals surface area contributed by atoms with E-state index in [4.69, 9.17) is 4.74 Å². The number of nitrogens with one attached hydrogen (secondary N) is 1. The van der Waals surface area contributed by atoms with Crippen molar-refractivity contribution in [1.82, 2.24) is 5.32 Å². The summed E-state index contributed by atoms with van der Waals surface area (Å²) in [4.78, 5) is 0. The van der Waals surface area contributed by atoms with E-state index in [1.54, 1.807) is 0 Å². The molecule has 3 rings (SSSR count). The highest BCUT2D eigenvalue weighted by molar-refractivity contribution is 5.09. The summed E-state index contributed by atoms with van der Waals surface area (Å²) in [5.41, 5.74) is 0.493. The van der Waals surface area contributed by atoms with Crippen LogP contribution in [0.3, 0.4) is 0 Å². The lowest BCUT2D eigenvalue weighted by molar-refractivity contribution is -0.153. The molecule has 0 aromatic carbocycles. The van der Waals surface area contributed by atoms with Gasteiger partial charge in [-0.15, -0.1) is 0 Å². The fourth-order valence-corrected chi connectivity index (χ4v) is 5.39. The van der Waals surface area contributed by atoms with E-state index in [9.17, 15) is 0 Å². The zero-order valence-electron chi connectivity index (χ0n) is 14.2. The van der Waals surface area contributed by atoms with Crippen molar-refractivity contribution in [3.63, 3.8) is 0 Å². The average molecular weight is 293 g/mol. The first-order valence-corrected chi connectivity index (χ1v) is 9.66. The van der Waals surface area contributed by atoms with Gasteiger partial charge in [0.05, 0.1) is 6.10 Å². The zero-order chi connectivity index (χ0) is 14.7. The summed E-state index contributed by atoms with van der Waals surface area (Å²) in [5, 5.41) is 4.09. The van der Waals surface area contributed by atoms with Crippen LogP contribution in [0.25, 0.3) is 0 Å². The predicted molar refractivity (Wildman–Crippen MR) is 88.5 cm³/mol. The average Bonchev–Trinajstić information content (AvgIpc) is 2.55. The van der Waals surface area contributed by atoms with Crippen molar-refractivity contribution < 1.29 is 4.74 Å². The van der Waals surface area contributed by atoms with Gasteiger partial charge in [0.15, 0.2) is 0 Å². The van der Waals surface area contributed by atoms with Crippen LogP contribution in [0.15, 0.2) is 0 Å². The van der Waals surface area contributed by atoms with E-state index in [0.29, 0.717) is 11.5 Å². The molecule has 0 amide bonds. The van der Waals surface area contributed by atoms with Crippen LogP contribution in [0.4, 0.5) is 0 Å². The van der Waals surface area contributed by atoms with Crippen LogP contribution in [0, 0.1) is 11.3 Å². The van der Waals surface area contributed by atoms with Gasteiger partial charge in [0.2, 0.25) is 0 Å². The summed E-state index contributed by atoms with van der Waals surface area (Å²) in [6, 6.07) is 1.53. The van der Waals surface area contributed by atoms with Gasteiger partial charge in [-0.3, -0.25) is 0 Å². The van der Waals surface area contributed by atoms with E-state index in [0.717, 1.165) is 24.6 Å². The summed E-state index contributed by atoms with van der Waals surface area (Å²) < 4.78 is 6.09. The van der Waals surface area contributed by atoms with Gasteiger partial charge in [-0.2, -0.15) is 0 Å². The summed E-state index contributed by atoms with van der Waals surface area (Å²) in [6.45, 7) is 5.41. The Labute approximate surface area is 131 Å². The standard InChI is InChI=1S/C19H35NO/c1-3-15-9-8-10-16(13-15)20-17-14-18(21-4-2)19(17)11-6-5-7-12-19/h15-18,20H,3-14H2,1-2H3. The molecule has 122 valence electrons. The van der Waals surface area contributed by atoms with E-state index < -0.39 is 0 Å². The van der Waals surface area contributed by atoms with Crippen LogP contribution < -0.4 is 5.32 Å². The Morgan fingerprint density at radius 2 is 1.81 bits per heavy atom. The molecule has 0 radical (unpaired) electrons. The molecule has 3 fully saturated rings. The summed E-state index contributed by atoms with van der Waals surface area (Å²) in [5.74, 6) is 0.973. The fraction of sp³-hybridized carbons (Fsp3) is 1.00. The second-order valence-electron chi connectivity index (χ2n) is 7.83. The molecule has 0 aromatic heterocycles. The smallest absolute Gasteiger partial charge is 0.0661 e. The van der Waals surface area contributed by atoms with Gasteiger partial charge in [0.25, 0.3) is 0 Å². The van der Waals surface area contributed by atoms with Crippen LogP contribution in [-0.4, -0.2) is 24.8 Å². The van der Waals surface area contributed by atoms with E-state index in [1.807, 2.05) is 0 Å². The zero-order valence-corrected chi connectivity index (χ0v) is 14.2. The van der Waals surface area contributed by atoms with Gasteiger partial charge in [0, 0.05) is 24.1 Å². The van der Waals surface area contributed by atoms with Gasteiger partial charge < -0.3 is 10.1 Å². The van der Waals surface area contributed by atoms with Crippen LogP contribution in [0.2, 0.25) is 0 Å². The Morgan fingerprint density at radius 1 is 1.00 bits per heavy atom. The molecular weight excluding hydrogens is 258 g/mol. The minimum atomic E-state index is 0.493. The van der Waals surface area contributed by atoms with Crippen molar-refractivity contribution in [1.29, 1.82) is 0 Å². The fourth-order valence-electron chi connectivity index (χ4n) is 5.39. The van der Waals surface area contributed by atoms with E-state index >= 15 is 0 Å². The Balaban J connectivity index is 1.59. The maximum Gasteiger partial charge on any atom is 0.0661 e. The van der Waals surface area contributed by atoms with Crippen LogP contribution in [0.5, 0.6) is 0 Å². The molecule has 2 nitrogen and oxygen atoms in total. The molecule has 3 aliphatic carbocycles. The summed E-state index contributed by atoms with van der Waals surface area (Å²) in [6.07, 6.45) is 16.0. The molecule has 0 aliphatic heterocycles. The third-order valence-electron chi connectivity index (χ3n) is 6.73. The van der Waals surface area contributed by atoms with E-state index in [-0.39, 0.29) is 0 Å². The van der Waals surface area contributed by atoms with Crippen molar-refractivity contribution in [3.05, 3.63) is 0 Å². The van der Waals surface area contributed by atoms with Crippen LogP contribution >= 0.6 is 0 Å².